The van der Waals surface area contributed by atoms with Gasteiger partial charge in [-0.05, 0) is 43.4 Å². The maximum Gasteiger partial charge on any atom is 0.161 e. The summed E-state index contributed by atoms with van der Waals surface area (Å²) in [4.78, 5) is 10.7. The molecule has 0 aliphatic heterocycles. The summed E-state index contributed by atoms with van der Waals surface area (Å²) in [5, 5.41) is 0. The van der Waals surface area contributed by atoms with Crippen molar-refractivity contribution >= 4 is 6.29 Å². The molecule has 1 saturated carbocycles. The molecule has 1 aromatic rings. The third-order valence-corrected chi connectivity index (χ3v) is 3.72. The molecule has 0 spiro atoms. The van der Waals surface area contributed by atoms with Crippen molar-refractivity contribution in [3.63, 3.8) is 0 Å². The number of carbonyl (C=O) groups excluding carboxylic acids is 1. The van der Waals surface area contributed by atoms with E-state index in [0.717, 1.165) is 30.4 Å². The summed E-state index contributed by atoms with van der Waals surface area (Å²) in [7, 11) is 1.63. The number of aldehydes is 1. The van der Waals surface area contributed by atoms with Crippen molar-refractivity contribution in [2.75, 3.05) is 7.11 Å². The Balaban J connectivity index is 2.23. The smallest absolute Gasteiger partial charge is 0.161 e. The summed E-state index contributed by atoms with van der Waals surface area (Å²) < 4.78 is 11.4. The zero-order valence-corrected chi connectivity index (χ0v) is 11.8. The largest absolute Gasteiger partial charge is 0.493 e. The first-order chi connectivity index (χ1) is 9.78. The minimum atomic E-state index is -0.204. The Bertz CT molecular complexity index is 495. The molecule has 0 heterocycles. The van der Waals surface area contributed by atoms with Crippen LogP contribution in [0.25, 0.3) is 0 Å². The molecular weight excluding hydrogens is 252 g/mol. The fourth-order valence-corrected chi connectivity index (χ4v) is 2.58. The molecule has 0 N–H and O–H groups in total. The lowest BCUT2D eigenvalue weighted by atomic mass is 9.97. The van der Waals surface area contributed by atoms with Crippen molar-refractivity contribution in [3.05, 3.63) is 23.8 Å². The van der Waals surface area contributed by atoms with E-state index in [1.54, 1.807) is 7.11 Å². The molecule has 1 aromatic carbocycles. The van der Waals surface area contributed by atoms with Gasteiger partial charge in [-0.1, -0.05) is 12.0 Å². The Kier molecular flexibility index (Phi) is 5.06. The normalized spacial score (nSPS) is 16.4. The van der Waals surface area contributed by atoms with E-state index in [0.29, 0.717) is 12.2 Å². The van der Waals surface area contributed by atoms with Crippen molar-refractivity contribution in [3.8, 4) is 23.8 Å². The number of hydrogen-bond acceptors (Lipinski definition) is 3. The van der Waals surface area contributed by atoms with Gasteiger partial charge in [0.05, 0.1) is 19.1 Å². The van der Waals surface area contributed by atoms with Gasteiger partial charge in [0.15, 0.2) is 11.5 Å². The van der Waals surface area contributed by atoms with E-state index in [4.69, 9.17) is 15.9 Å². The topological polar surface area (TPSA) is 35.5 Å². The second-order valence-corrected chi connectivity index (χ2v) is 5.06. The molecule has 3 nitrogen and oxygen atoms in total. The van der Waals surface area contributed by atoms with Gasteiger partial charge in [0.25, 0.3) is 0 Å². The highest BCUT2D eigenvalue weighted by Crippen LogP contribution is 2.34. The molecule has 20 heavy (non-hydrogen) atoms. The van der Waals surface area contributed by atoms with Crippen LogP contribution in [0.3, 0.4) is 0 Å². The van der Waals surface area contributed by atoms with E-state index in [1.165, 1.54) is 12.8 Å². The van der Waals surface area contributed by atoms with Crippen LogP contribution in [0, 0.1) is 12.3 Å². The maximum absolute atomic E-state index is 10.7. The Hall–Kier alpha value is -1.95. The van der Waals surface area contributed by atoms with Crippen LogP contribution >= 0.6 is 0 Å². The van der Waals surface area contributed by atoms with Crippen LogP contribution in [0.15, 0.2) is 18.2 Å². The minimum absolute atomic E-state index is 0.204. The zero-order chi connectivity index (χ0) is 14.4. The summed E-state index contributed by atoms with van der Waals surface area (Å²) in [6.45, 7) is 0. The molecule has 106 valence electrons. The number of ether oxygens (including phenoxy) is 2. The van der Waals surface area contributed by atoms with Crippen molar-refractivity contribution in [1.82, 2.24) is 0 Å². The number of benzene rings is 1. The second kappa shape index (κ2) is 7.00. The van der Waals surface area contributed by atoms with Crippen molar-refractivity contribution in [2.24, 2.45) is 0 Å². The molecule has 3 heteroatoms. The lowest BCUT2D eigenvalue weighted by Gasteiger charge is -2.18. The van der Waals surface area contributed by atoms with Crippen LogP contribution in [0.2, 0.25) is 0 Å². The number of carbonyl (C=O) groups is 1. The number of terminal acetylenes is 1. The average molecular weight is 272 g/mol. The van der Waals surface area contributed by atoms with E-state index >= 15 is 0 Å². The summed E-state index contributed by atoms with van der Waals surface area (Å²) >= 11 is 0. The van der Waals surface area contributed by atoms with Gasteiger partial charge in [-0.15, -0.1) is 6.42 Å². The number of hydrogen-bond donors (Lipinski definition) is 0. The van der Waals surface area contributed by atoms with Gasteiger partial charge in [-0.25, -0.2) is 0 Å². The molecule has 1 unspecified atom stereocenters. The van der Waals surface area contributed by atoms with Gasteiger partial charge in [0.2, 0.25) is 0 Å². The van der Waals surface area contributed by atoms with Gasteiger partial charge in [-0.3, -0.25) is 0 Å². The first-order valence-corrected chi connectivity index (χ1v) is 7.02. The molecule has 0 bridgehead atoms. The zero-order valence-electron chi connectivity index (χ0n) is 11.8. The van der Waals surface area contributed by atoms with Crippen LogP contribution < -0.4 is 9.47 Å². The van der Waals surface area contributed by atoms with Crippen molar-refractivity contribution in [1.29, 1.82) is 0 Å². The molecular formula is C17H20O3. The van der Waals surface area contributed by atoms with E-state index < -0.39 is 0 Å². The number of methoxy groups -OCH3 is 1. The predicted octanol–water partition coefficient (Wildman–Crippen LogP) is 3.32. The molecule has 0 radical (unpaired) electrons. The van der Waals surface area contributed by atoms with E-state index in [-0.39, 0.29) is 12.0 Å². The van der Waals surface area contributed by atoms with E-state index in [1.807, 2.05) is 18.2 Å². The highest BCUT2D eigenvalue weighted by atomic mass is 16.5. The monoisotopic (exact) mass is 272 g/mol. The van der Waals surface area contributed by atoms with Gasteiger partial charge >= 0.3 is 0 Å². The highest BCUT2D eigenvalue weighted by Gasteiger charge is 2.19. The van der Waals surface area contributed by atoms with Crippen LogP contribution in [0.5, 0.6) is 11.5 Å². The van der Waals surface area contributed by atoms with Gasteiger partial charge in [0.1, 0.15) is 6.29 Å². The van der Waals surface area contributed by atoms with E-state index in [9.17, 15) is 4.79 Å². The lowest BCUT2D eigenvalue weighted by Crippen LogP contribution is -2.12. The van der Waals surface area contributed by atoms with E-state index in [2.05, 4.69) is 5.92 Å². The summed E-state index contributed by atoms with van der Waals surface area (Å²) in [5.74, 6) is 3.88. The molecule has 1 aliphatic carbocycles. The van der Waals surface area contributed by atoms with Crippen LogP contribution in [0.4, 0.5) is 0 Å². The SMILES string of the molecule is C#CC(CC=O)c1ccc(OC)c(OC2CCCC2)c1. The predicted molar refractivity (Wildman–Crippen MR) is 78.1 cm³/mol. The first-order valence-electron chi connectivity index (χ1n) is 7.02. The Morgan fingerprint density at radius 2 is 2.15 bits per heavy atom. The van der Waals surface area contributed by atoms with Crippen molar-refractivity contribution < 1.29 is 14.3 Å². The number of rotatable bonds is 6. The molecule has 0 saturated heterocycles. The second-order valence-electron chi connectivity index (χ2n) is 5.06. The standard InChI is InChI=1S/C17H20O3/c1-3-13(10-11-18)14-8-9-16(19-2)17(12-14)20-15-6-4-5-7-15/h1,8-9,11-13,15H,4-7,10H2,2H3. The summed E-state index contributed by atoms with van der Waals surface area (Å²) in [5.41, 5.74) is 0.924. The Labute approximate surface area is 120 Å². The fourth-order valence-electron chi connectivity index (χ4n) is 2.58. The molecule has 2 rings (SSSR count). The highest BCUT2D eigenvalue weighted by molar-refractivity contribution is 5.54. The van der Waals surface area contributed by atoms with Crippen LogP contribution in [-0.4, -0.2) is 19.5 Å². The quantitative estimate of drug-likeness (QED) is 0.588. The van der Waals surface area contributed by atoms with Crippen molar-refractivity contribution in [2.45, 2.75) is 44.1 Å². The molecule has 1 atom stereocenters. The Morgan fingerprint density at radius 3 is 2.75 bits per heavy atom. The third kappa shape index (κ3) is 3.33. The molecule has 1 fully saturated rings. The molecule has 0 aromatic heterocycles. The van der Waals surface area contributed by atoms with Gasteiger partial charge in [-0.2, -0.15) is 0 Å². The van der Waals surface area contributed by atoms with Crippen LogP contribution in [0.1, 0.15) is 43.6 Å². The van der Waals surface area contributed by atoms with Gasteiger partial charge < -0.3 is 14.3 Å². The molecule has 0 amide bonds. The molecule has 1 aliphatic rings. The fraction of sp³-hybridized carbons (Fsp3) is 0.471. The lowest BCUT2D eigenvalue weighted by molar-refractivity contribution is -0.107. The maximum atomic E-state index is 10.7. The van der Waals surface area contributed by atoms with Crippen LogP contribution in [-0.2, 0) is 4.79 Å². The first kappa shape index (κ1) is 14.5. The minimum Gasteiger partial charge on any atom is -0.493 e. The summed E-state index contributed by atoms with van der Waals surface area (Å²) in [6, 6.07) is 5.66. The van der Waals surface area contributed by atoms with Gasteiger partial charge in [0, 0.05) is 6.42 Å². The third-order valence-electron chi connectivity index (χ3n) is 3.72. The Morgan fingerprint density at radius 1 is 1.40 bits per heavy atom. The average Bonchev–Trinajstić information content (AvgIpc) is 2.97. The summed E-state index contributed by atoms with van der Waals surface area (Å²) in [6.07, 6.45) is 11.5.